The van der Waals surface area contributed by atoms with Gasteiger partial charge in [0, 0.05) is 79.1 Å². The molecule has 0 spiro atoms. The van der Waals surface area contributed by atoms with Gasteiger partial charge in [-0.25, -0.2) is 0 Å². The Hall–Kier alpha value is -9.38. The van der Waals surface area contributed by atoms with E-state index in [-0.39, 0.29) is 10.8 Å². The first kappa shape index (κ1) is 46.4. The highest BCUT2D eigenvalue weighted by molar-refractivity contribution is 5.90. The molecule has 366 valence electrons. The molecule has 4 nitrogen and oxygen atoms in total. The molecule has 13 rings (SSSR count). The summed E-state index contributed by atoms with van der Waals surface area (Å²) >= 11 is 0. The van der Waals surface area contributed by atoms with Crippen molar-refractivity contribution in [2.75, 3.05) is 19.6 Å². The van der Waals surface area contributed by atoms with E-state index < -0.39 is 0 Å². The predicted molar refractivity (Wildman–Crippen MR) is 320 cm³/mol. The molecule has 0 heterocycles. The Kier molecular flexibility index (Phi) is 11.5. The van der Waals surface area contributed by atoms with Crippen LogP contribution in [-0.4, -0.2) is 0 Å². The molecular weight excluding hydrogens is 921 g/mol. The third-order valence-corrected chi connectivity index (χ3v) is 15.8. The van der Waals surface area contributed by atoms with Crippen molar-refractivity contribution in [2.24, 2.45) is 0 Å². The average molecular weight is 979 g/mol. The second kappa shape index (κ2) is 18.8. The van der Waals surface area contributed by atoms with Crippen molar-refractivity contribution in [3.8, 4) is 22.3 Å². The molecule has 0 saturated heterocycles. The zero-order chi connectivity index (χ0) is 51.4. The Morgan fingerprint density at radius 2 is 0.382 bits per heavy atom. The van der Waals surface area contributed by atoms with E-state index in [0.29, 0.717) is 0 Å². The van der Waals surface area contributed by atoms with Crippen molar-refractivity contribution in [3.05, 3.63) is 301 Å². The fourth-order valence-electron chi connectivity index (χ4n) is 12.0. The minimum absolute atomic E-state index is 0.158. The van der Waals surface area contributed by atoms with Crippen molar-refractivity contribution in [3.63, 3.8) is 0 Å². The van der Waals surface area contributed by atoms with Crippen LogP contribution in [0.1, 0.15) is 49.9 Å². The Morgan fingerprint density at radius 3 is 0.658 bits per heavy atom. The predicted octanol–water partition coefficient (Wildman–Crippen LogP) is 20.2. The lowest BCUT2D eigenvalue weighted by Crippen LogP contribution is -2.17. The molecule has 2 aliphatic rings. The number of anilines is 12. The highest BCUT2D eigenvalue weighted by Crippen LogP contribution is 2.53. The van der Waals surface area contributed by atoms with Gasteiger partial charge in [0.05, 0.1) is 0 Å². The highest BCUT2D eigenvalue weighted by atomic mass is 15.2. The van der Waals surface area contributed by atoms with Gasteiger partial charge in [0.1, 0.15) is 0 Å². The quantitative estimate of drug-likeness (QED) is 0.121. The van der Waals surface area contributed by atoms with E-state index >= 15 is 0 Å². The van der Waals surface area contributed by atoms with Crippen LogP contribution in [0.3, 0.4) is 0 Å². The van der Waals surface area contributed by atoms with Crippen molar-refractivity contribution < 1.29 is 0 Å². The molecule has 11 aromatic carbocycles. The van der Waals surface area contributed by atoms with Crippen LogP contribution in [0.15, 0.2) is 279 Å². The minimum atomic E-state index is -0.158. The Morgan fingerprint density at radius 1 is 0.184 bits per heavy atom. The zero-order valence-electron chi connectivity index (χ0n) is 43.3. The lowest BCUT2D eigenvalue weighted by molar-refractivity contribution is 0.660. The van der Waals surface area contributed by atoms with Gasteiger partial charge in [0.15, 0.2) is 0 Å². The van der Waals surface area contributed by atoms with Gasteiger partial charge in [-0.3, -0.25) is 0 Å². The van der Waals surface area contributed by atoms with Gasteiger partial charge < -0.3 is 19.6 Å². The van der Waals surface area contributed by atoms with Crippen LogP contribution >= 0.6 is 0 Å². The molecule has 0 atom stereocenters. The van der Waals surface area contributed by atoms with Crippen molar-refractivity contribution in [2.45, 2.75) is 38.5 Å². The molecule has 0 amide bonds. The summed E-state index contributed by atoms with van der Waals surface area (Å²) in [6, 6.07) is 102. The van der Waals surface area contributed by atoms with Gasteiger partial charge in [-0.1, -0.05) is 161 Å². The maximum atomic E-state index is 2.42. The highest BCUT2D eigenvalue weighted by Gasteiger charge is 2.37. The van der Waals surface area contributed by atoms with Crippen LogP contribution in [0.2, 0.25) is 0 Å². The van der Waals surface area contributed by atoms with Gasteiger partial charge in [-0.05, 0) is 190 Å². The molecule has 0 saturated carbocycles. The van der Waals surface area contributed by atoms with Crippen molar-refractivity contribution >= 4 is 68.2 Å². The number of rotatable bonds is 12. The molecule has 0 radical (unpaired) electrons. The molecule has 0 fully saturated rings. The van der Waals surface area contributed by atoms with E-state index in [1.54, 1.807) is 0 Å². The molecule has 0 aromatic heterocycles. The van der Waals surface area contributed by atoms with Gasteiger partial charge in [-0.2, -0.15) is 0 Å². The van der Waals surface area contributed by atoms with Crippen LogP contribution in [-0.2, 0) is 10.8 Å². The van der Waals surface area contributed by atoms with Gasteiger partial charge in [0.25, 0.3) is 0 Å². The summed E-state index contributed by atoms with van der Waals surface area (Å²) in [6.07, 6.45) is 0. The van der Waals surface area contributed by atoms with E-state index in [9.17, 15) is 0 Å². The van der Waals surface area contributed by atoms with Gasteiger partial charge in [0.2, 0.25) is 0 Å². The SMILES string of the molecule is CC1(C)c2ccccc2-c2ccc(N(c3ccc(N(c4ccccc4)c4ccccc4)cc3)c3ccc(N(c4ccc(N(c5ccccc5)c5ccccc5)cc4)c4ccc5c(c4)C(C)(C)c4ccccc4-5)cc3)cc21. The largest absolute Gasteiger partial charge is 0.311 e. The zero-order valence-corrected chi connectivity index (χ0v) is 43.3. The number of para-hydroxylation sites is 4. The van der Waals surface area contributed by atoms with Crippen LogP contribution in [0.4, 0.5) is 68.2 Å². The lowest BCUT2D eigenvalue weighted by atomic mass is 9.82. The number of hydrogen-bond donors (Lipinski definition) is 0. The number of nitrogens with zero attached hydrogens (tertiary/aromatic N) is 4. The van der Waals surface area contributed by atoms with Gasteiger partial charge in [-0.15, -0.1) is 0 Å². The fraction of sp³-hybridized carbons (Fsp3) is 0.0833. The third-order valence-electron chi connectivity index (χ3n) is 15.8. The molecule has 11 aromatic rings. The number of benzene rings is 11. The molecule has 2 aliphatic carbocycles. The summed E-state index contributed by atoms with van der Waals surface area (Å²) in [7, 11) is 0. The van der Waals surface area contributed by atoms with Crippen molar-refractivity contribution in [1.29, 1.82) is 0 Å². The van der Waals surface area contributed by atoms with Crippen molar-refractivity contribution in [1.82, 2.24) is 0 Å². The van der Waals surface area contributed by atoms with Gasteiger partial charge >= 0.3 is 0 Å². The topological polar surface area (TPSA) is 13.0 Å². The number of hydrogen-bond acceptors (Lipinski definition) is 4. The summed E-state index contributed by atoms with van der Waals surface area (Å²) in [5.74, 6) is 0. The number of fused-ring (bicyclic) bond motifs is 6. The third kappa shape index (κ3) is 8.02. The van der Waals surface area contributed by atoms with E-state index in [1.807, 2.05) is 0 Å². The Balaban J connectivity index is 0.932. The van der Waals surface area contributed by atoms with E-state index in [4.69, 9.17) is 0 Å². The van der Waals surface area contributed by atoms with Crippen LogP contribution in [0.5, 0.6) is 0 Å². The average Bonchev–Trinajstić information content (AvgIpc) is 3.87. The fourth-order valence-corrected chi connectivity index (χ4v) is 12.0. The summed E-state index contributed by atoms with van der Waals surface area (Å²) in [5, 5.41) is 0. The summed E-state index contributed by atoms with van der Waals surface area (Å²) in [4.78, 5) is 9.47. The van der Waals surface area contributed by atoms with Crippen LogP contribution in [0.25, 0.3) is 22.3 Å². The first-order valence-electron chi connectivity index (χ1n) is 26.4. The molecule has 76 heavy (non-hydrogen) atoms. The molecule has 0 aliphatic heterocycles. The van der Waals surface area contributed by atoms with E-state index in [1.165, 1.54) is 44.5 Å². The minimum Gasteiger partial charge on any atom is -0.311 e. The molecular formula is C72H58N4. The maximum Gasteiger partial charge on any atom is 0.0465 e. The molecule has 0 unspecified atom stereocenters. The normalized spacial score (nSPS) is 13.2. The maximum absolute atomic E-state index is 2.42. The second-order valence-corrected chi connectivity index (χ2v) is 21.0. The first-order chi connectivity index (χ1) is 37.2. The molecule has 0 N–H and O–H groups in total. The standard InChI is InChI=1S/C72H58N4/c1-71(2)67-31-19-17-29-63(67)65-47-45-61(49-69(65)71)75(57-37-33-55(34-38-57)73(51-21-9-5-10-22-51)52-23-11-6-12-24-52)59-41-43-60(44-42-59)76(62-46-48-66-64-30-18-20-32-68(64)72(3,4)70(66)50-62)58-39-35-56(36-40-58)74(53-25-13-7-14-26-53)54-27-15-8-16-28-54/h5-50H,1-4H3. The van der Waals surface area contributed by atoms with E-state index in [0.717, 1.165) is 68.2 Å². The molecule has 4 heteroatoms. The Bertz CT molecular complexity index is 3520. The second-order valence-electron chi connectivity index (χ2n) is 21.0. The smallest absolute Gasteiger partial charge is 0.0465 e. The summed E-state index contributed by atoms with van der Waals surface area (Å²) in [5.41, 5.74) is 23.4. The van der Waals surface area contributed by atoms with Crippen LogP contribution < -0.4 is 19.6 Å². The molecule has 0 bridgehead atoms. The van der Waals surface area contributed by atoms with E-state index in [2.05, 4.69) is 326 Å². The summed E-state index contributed by atoms with van der Waals surface area (Å²) in [6.45, 7) is 9.44. The Labute approximate surface area is 447 Å². The van der Waals surface area contributed by atoms with Crippen LogP contribution in [0, 0.1) is 0 Å². The monoisotopic (exact) mass is 978 g/mol. The first-order valence-corrected chi connectivity index (χ1v) is 26.4. The lowest BCUT2D eigenvalue weighted by Gasteiger charge is -2.31. The summed E-state index contributed by atoms with van der Waals surface area (Å²) < 4.78 is 0.